The van der Waals surface area contributed by atoms with Gasteiger partial charge in [-0.3, -0.25) is 0 Å². The maximum absolute atomic E-state index is 14.6. The van der Waals surface area contributed by atoms with E-state index in [1.54, 1.807) is 6.07 Å². The molecule has 5 heteroatoms. The molecule has 3 nitrogen and oxygen atoms in total. The number of amides is 1. The molecule has 1 saturated carbocycles. The predicted molar refractivity (Wildman–Crippen MR) is 105 cm³/mol. The molecule has 144 valence electrons. The number of carbonyl (C=O) groups excluding carboxylic acids is 1. The minimum absolute atomic E-state index is 0.00361. The van der Waals surface area contributed by atoms with Crippen LogP contribution in [0.1, 0.15) is 58.9 Å². The van der Waals surface area contributed by atoms with E-state index in [0.717, 1.165) is 32.2 Å². The van der Waals surface area contributed by atoms with Gasteiger partial charge in [0.1, 0.15) is 11.4 Å². The van der Waals surface area contributed by atoms with E-state index in [9.17, 15) is 9.18 Å². The predicted octanol–water partition coefficient (Wildman–Crippen LogP) is 5.95. The second kappa shape index (κ2) is 7.14. The fourth-order valence-electron chi connectivity index (χ4n) is 4.40. The molecule has 1 spiro atoms. The number of rotatable bonds is 4. The van der Waals surface area contributed by atoms with Crippen molar-refractivity contribution in [3.05, 3.63) is 34.1 Å². The minimum Gasteiger partial charge on any atom is -0.444 e. The topological polar surface area (TPSA) is 29.5 Å². The van der Waals surface area contributed by atoms with Crippen LogP contribution in [-0.2, 0) is 11.2 Å². The largest absolute Gasteiger partial charge is 0.444 e. The Morgan fingerprint density at radius 1 is 1.38 bits per heavy atom. The quantitative estimate of drug-likeness (QED) is 0.596. The Morgan fingerprint density at radius 3 is 2.65 bits per heavy atom. The van der Waals surface area contributed by atoms with Crippen LogP contribution in [0.3, 0.4) is 0 Å². The van der Waals surface area contributed by atoms with E-state index in [4.69, 9.17) is 4.74 Å². The van der Waals surface area contributed by atoms with E-state index in [0.29, 0.717) is 22.4 Å². The van der Waals surface area contributed by atoms with Crippen molar-refractivity contribution in [2.75, 3.05) is 6.54 Å². The summed E-state index contributed by atoms with van der Waals surface area (Å²) >= 11 is 3.28. The normalized spacial score (nSPS) is 24.2. The van der Waals surface area contributed by atoms with Crippen LogP contribution in [0.25, 0.3) is 0 Å². The van der Waals surface area contributed by atoms with E-state index in [1.165, 1.54) is 0 Å². The van der Waals surface area contributed by atoms with Crippen molar-refractivity contribution in [3.8, 4) is 0 Å². The maximum atomic E-state index is 14.6. The van der Waals surface area contributed by atoms with E-state index in [1.807, 2.05) is 37.8 Å². The molecule has 2 aliphatic rings. The third kappa shape index (κ3) is 3.92. The molecule has 1 saturated heterocycles. The fourth-order valence-corrected chi connectivity index (χ4v) is 4.81. The molecule has 0 N–H and O–H groups in total. The Morgan fingerprint density at radius 2 is 2.08 bits per heavy atom. The molecule has 0 aromatic heterocycles. The lowest BCUT2D eigenvalue weighted by atomic mass is 9.82. The molecule has 1 unspecified atom stereocenters. The van der Waals surface area contributed by atoms with Crippen molar-refractivity contribution in [2.24, 2.45) is 11.3 Å². The van der Waals surface area contributed by atoms with Gasteiger partial charge in [-0.25, -0.2) is 9.18 Å². The van der Waals surface area contributed by atoms with Crippen molar-refractivity contribution < 1.29 is 13.9 Å². The highest BCUT2D eigenvalue weighted by molar-refractivity contribution is 9.10. The van der Waals surface area contributed by atoms with Crippen LogP contribution >= 0.6 is 15.9 Å². The number of halogens is 2. The highest BCUT2D eigenvalue weighted by atomic mass is 79.9. The first-order valence-electron chi connectivity index (χ1n) is 9.59. The van der Waals surface area contributed by atoms with Gasteiger partial charge in [-0.1, -0.05) is 25.5 Å². The van der Waals surface area contributed by atoms with E-state index in [-0.39, 0.29) is 23.4 Å². The summed E-state index contributed by atoms with van der Waals surface area (Å²) < 4.78 is 20.7. The third-order valence-corrected chi connectivity index (χ3v) is 6.33. The Hall–Kier alpha value is -1.10. The summed E-state index contributed by atoms with van der Waals surface area (Å²) in [6.07, 6.45) is 4.74. The molecule has 0 radical (unpaired) electrons. The van der Waals surface area contributed by atoms with Crippen LogP contribution < -0.4 is 0 Å². The van der Waals surface area contributed by atoms with Gasteiger partial charge in [-0.15, -0.1) is 0 Å². The van der Waals surface area contributed by atoms with Crippen LogP contribution in [0, 0.1) is 17.2 Å². The van der Waals surface area contributed by atoms with Gasteiger partial charge in [-0.2, -0.15) is 0 Å². The molecular formula is C21H29BrFNO2. The molecule has 1 aromatic rings. The molecule has 1 aliphatic carbocycles. The number of carbonyl (C=O) groups is 1. The highest BCUT2D eigenvalue weighted by Crippen LogP contribution is 2.60. The smallest absolute Gasteiger partial charge is 0.410 e. The molecule has 26 heavy (non-hydrogen) atoms. The van der Waals surface area contributed by atoms with Crippen molar-refractivity contribution in [2.45, 2.75) is 71.4 Å². The molecule has 0 bridgehead atoms. The van der Waals surface area contributed by atoms with Gasteiger partial charge in [0, 0.05) is 12.6 Å². The lowest BCUT2D eigenvalue weighted by Gasteiger charge is -2.31. The second-order valence-corrected chi connectivity index (χ2v) is 9.70. The summed E-state index contributed by atoms with van der Waals surface area (Å²) in [4.78, 5) is 14.8. The molecule has 1 aliphatic heterocycles. The van der Waals surface area contributed by atoms with E-state index < -0.39 is 5.60 Å². The summed E-state index contributed by atoms with van der Waals surface area (Å²) in [6.45, 7) is 8.59. The van der Waals surface area contributed by atoms with Gasteiger partial charge < -0.3 is 9.64 Å². The SMILES string of the molecule is CCC[C@@H]1C(Cc2cccc(Br)c2F)N(C(=O)OC(C)(C)C)CC12CC2. The van der Waals surface area contributed by atoms with Crippen molar-refractivity contribution in [1.29, 1.82) is 0 Å². The molecule has 3 rings (SSSR count). The van der Waals surface area contributed by atoms with Crippen LogP contribution in [0.2, 0.25) is 0 Å². The zero-order valence-electron chi connectivity index (χ0n) is 16.1. The van der Waals surface area contributed by atoms with Gasteiger partial charge >= 0.3 is 6.09 Å². The molecule has 2 fully saturated rings. The van der Waals surface area contributed by atoms with Crippen LogP contribution in [-0.4, -0.2) is 29.2 Å². The zero-order chi connectivity index (χ0) is 19.1. The number of hydrogen-bond donors (Lipinski definition) is 0. The zero-order valence-corrected chi connectivity index (χ0v) is 17.7. The minimum atomic E-state index is -0.526. The first kappa shape index (κ1) is 19.7. The molecule has 2 atom stereocenters. The fraction of sp³-hybridized carbons (Fsp3) is 0.667. The molecule has 1 amide bonds. The highest BCUT2D eigenvalue weighted by Gasteiger charge is 2.60. The van der Waals surface area contributed by atoms with Gasteiger partial charge in [-0.05, 0) is 85.3 Å². The van der Waals surface area contributed by atoms with Gasteiger partial charge in [0.25, 0.3) is 0 Å². The third-order valence-electron chi connectivity index (χ3n) is 5.72. The molecule has 1 heterocycles. The molecular weight excluding hydrogens is 397 g/mol. The van der Waals surface area contributed by atoms with Crippen LogP contribution in [0.4, 0.5) is 9.18 Å². The Balaban J connectivity index is 1.89. The number of benzene rings is 1. The number of likely N-dealkylation sites (tertiary alicyclic amines) is 1. The summed E-state index contributed by atoms with van der Waals surface area (Å²) in [6, 6.07) is 5.40. The Kier molecular flexibility index (Phi) is 5.40. The lowest BCUT2D eigenvalue weighted by Crippen LogP contribution is -2.42. The number of nitrogens with zero attached hydrogens (tertiary/aromatic N) is 1. The Bertz CT molecular complexity index is 681. The van der Waals surface area contributed by atoms with E-state index in [2.05, 4.69) is 22.9 Å². The molecule has 1 aromatic carbocycles. The number of hydrogen-bond acceptors (Lipinski definition) is 2. The average Bonchev–Trinajstić information content (AvgIpc) is 3.25. The summed E-state index contributed by atoms with van der Waals surface area (Å²) in [7, 11) is 0. The summed E-state index contributed by atoms with van der Waals surface area (Å²) in [5.74, 6) is 0.196. The first-order valence-corrected chi connectivity index (χ1v) is 10.4. The van der Waals surface area contributed by atoms with Crippen LogP contribution in [0.15, 0.2) is 22.7 Å². The standard InChI is InChI=1S/C21H29BrFNO2/c1-5-7-15-17(12-14-8-6-9-16(22)18(14)23)24(13-21(15)10-11-21)19(25)26-20(2,3)4/h6,8-9,15,17H,5,7,10-13H2,1-4H3/t15-,17?/m1/s1. The maximum Gasteiger partial charge on any atom is 0.410 e. The van der Waals surface area contributed by atoms with Crippen LogP contribution in [0.5, 0.6) is 0 Å². The summed E-state index contributed by atoms with van der Waals surface area (Å²) in [5, 5.41) is 0. The number of ether oxygens (including phenoxy) is 1. The van der Waals surface area contributed by atoms with Gasteiger partial charge in [0.05, 0.1) is 4.47 Å². The lowest BCUT2D eigenvalue weighted by molar-refractivity contribution is 0.0203. The second-order valence-electron chi connectivity index (χ2n) is 8.85. The monoisotopic (exact) mass is 425 g/mol. The van der Waals surface area contributed by atoms with Gasteiger partial charge in [0.15, 0.2) is 0 Å². The first-order chi connectivity index (χ1) is 12.2. The summed E-state index contributed by atoms with van der Waals surface area (Å²) in [5.41, 5.74) is 0.360. The Labute approximate surface area is 164 Å². The average molecular weight is 426 g/mol. The van der Waals surface area contributed by atoms with Gasteiger partial charge in [0.2, 0.25) is 0 Å². The van der Waals surface area contributed by atoms with Crippen molar-refractivity contribution >= 4 is 22.0 Å². The van der Waals surface area contributed by atoms with Crippen molar-refractivity contribution in [1.82, 2.24) is 4.90 Å². The van der Waals surface area contributed by atoms with Crippen molar-refractivity contribution in [3.63, 3.8) is 0 Å². The van der Waals surface area contributed by atoms with E-state index >= 15 is 0 Å².